The van der Waals surface area contributed by atoms with Crippen molar-refractivity contribution in [2.75, 3.05) is 13.1 Å². The first-order valence-electron chi connectivity index (χ1n) is 6.64. The zero-order chi connectivity index (χ0) is 14.3. The molecule has 0 radical (unpaired) electrons. The maximum atomic E-state index is 12.1. The van der Waals surface area contributed by atoms with Crippen molar-refractivity contribution in [3.8, 4) is 0 Å². The second-order valence-electron chi connectivity index (χ2n) is 4.68. The van der Waals surface area contributed by atoms with Gasteiger partial charge < -0.3 is 10.6 Å². The molecule has 2 N–H and O–H groups in total. The van der Waals surface area contributed by atoms with Crippen LogP contribution in [0.15, 0.2) is 24.3 Å². The molecule has 0 bridgehead atoms. The van der Waals surface area contributed by atoms with Crippen LogP contribution in [0, 0.1) is 6.92 Å². The smallest absolute Gasteiger partial charge is 0.222 e. The fraction of sp³-hybridized carbons (Fsp3) is 0.467. The molecule has 0 aliphatic rings. The molecule has 0 heterocycles. The third kappa shape index (κ3) is 5.83. The van der Waals surface area contributed by atoms with Crippen LogP contribution in [-0.4, -0.2) is 28.9 Å². The van der Waals surface area contributed by atoms with Crippen molar-refractivity contribution >= 4 is 23.1 Å². The number of benzene rings is 1. The van der Waals surface area contributed by atoms with Crippen molar-refractivity contribution < 1.29 is 4.79 Å². The number of nitrogens with zero attached hydrogens (tertiary/aromatic N) is 1. The lowest BCUT2D eigenvalue weighted by Crippen LogP contribution is -2.33. The van der Waals surface area contributed by atoms with Crippen LogP contribution in [0.1, 0.15) is 30.9 Å². The van der Waals surface area contributed by atoms with Gasteiger partial charge in [-0.15, -0.1) is 0 Å². The Morgan fingerprint density at radius 2 is 1.89 bits per heavy atom. The minimum Gasteiger partial charge on any atom is -0.393 e. The Balaban J connectivity index is 2.44. The Morgan fingerprint density at radius 1 is 1.26 bits per heavy atom. The zero-order valence-electron chi connectivity index (χ0n) is 11.7. The highest BCUT2D eigenvalue weighted by atomic mass is 32.1. The summed E-state index contributed by atoms with van der Waals surface area (Å²) in [5.74, 6) is 0.166. The number of amides is 1. The number of thiocarbonyl (C=S) groups is 1. The van der Waals surface area contributed by atoms with E-state index in [2.05, 4.69) is 31.2 Å². The van der Waals surface area contributed by atoms with E-state index in [1.807, 2.05) is 11.8 Å². The van der Waals surface area contributed by atoms with Crippen LogP contribution in [0.4, 0.5) is 0 Å². The van der Waals surface area contributed by atoms with Crippen molar-refractivity contribution in [2.45, 2.75) is 33.1 Å². The van der Waals surface area contributed by atoms with E-state index in [-0.39, 0.29) is 5.91 Å². The molecular weight excluding hydrogens is 256 g/mol. The van der Waals surface area contributed by atoms with Crippen LogP contribution in [0.3, 0.4) is 0 Å². The number of carbonyl (C=O) groups is 1. The van der Waals surface area contributed by atoms with Crippen LogP contribution < -0.4 is 5.73 Å². The van der Waals surface area contributed by atoms with E-state index in [4.69, 9.17) is 18.0 Å². The van der Waals surface area contributed by atoms with E-state index in [0.29, 0.717) is 30.9 Å². The second-order valence-corrected chi connectivity index (χ2v) is 5.20. The third-order valence-corrected chi connectivity index (χ3v) is 3.31. The highest BCUT2D eigenvalue weighted by molar-refractivity contribution is 7.80. The Labute approximate surface area is 120 Å². The van der Waals surface area contributed by atoms with Gasteiger partial charge in [-0.1, -0.05) is 42.0 Å². The molecular formula is C15H22N2OS. The number of aryl methyl sites for hydroxylation is 2. The molecule has 0 spiro atoms. The number of nitrogens with two attached hydrogens (primary N) is 1. The Kier molecular flexibility index (Phi) is 6.50. The van der Waals surface area contributed by atoms with E-state index < -0.39 is 0 Å². The van der Waals surface area contributed by atoms with Crippen molar-refractivity contribution in [3.05, 3.63) is 35.4 Å². The van der Waals surface area contributed by atoms with Gasteiger partial charge in [0.1, 0.15) is 0 Å². The Bertz CT molecular complexity index is 428. The first-order chi connectivity index (χ1) is 9.02. The minimum atomic E-state index is 0.166. The van der Waals surface area contributed by atoms with Gasteiger partial charge in [-0.3, -0.25) is 4.79 Å². The third-order valence-electron chi connectivity index (χ3n) is 3.11. The van der Waals surface area contributed by atoms with Crippen molar-refractivity contribution in [3.63, 3.8) is 0 Å². The molecule has 19 heavy (non-hydrogen) atoms. The molecule has 0 aromatic heterocycles. The predicted octanol–water partition coefficient (Wildman–Crippen LogP) is 2.45. The molecule has 0 saturated heterocycles. The molecule has 0 fully saturated rings. The number of rotatable bonds is 7. The molecule has 1 aromatic rings. The molecule has 104 valence electrons. The van der Waals surface area contributed by atoms with Crippen molar-refractivity contribution in [1.82, 2.24) is 4.90 Å². The quantitative estimate of drug-likeness (QED) is 0.779. The predicted molar refractivity (Wildman–Crippen MR) is 83.2 cm³/mol. The van der Waals surface area contributed by atoms with Gasteiger partial charge in [0, 0.05) is 25.9 Å². The Hall–Kier alpha value is -1.42. The summed E-state index contributed by atoms with van der Waals surface area (Å²) in [4.78, 5) is 14.3. The Morgan fingerprint density at radius 3 is 2.42 bits per heavy atom. The molecule has 0 saturated carbocycles. The van der Waals surface area contributed by atoms with Gasteiger partial charge in [0.15, 0.2) is 0 Å². The van der Waals surface area contributed by atoms with Gasteiger partial charge in [0.2, 0.25) is 5.91 Å². The summed E-state index contributed by atoms with van der Waals surface area (Å²) in [7, 11) is 0. The highest BCUT2D eigenvalue weighted by Crippen LogP contribution is 2.07. The summed E-state index contributed by atoms with van der Waals surface area (Å²) in [6.07, 6.45) is 1.91. The van der Waals surface area contributed by atoms with Gasteiger partial charge in [-0.2, -0.15) is 0 Å². The maximum absolute atomic E-state index is 12.1. The van der Waals surface area contributed by atoms with E-state index in [1.54, 1.807) is 0 Å². The van der Waals surface area contributed by atoms with E-state index >= 15 is 0 Å². The molecule has 1 rings (SSSR count). The maximum Gasteiger partial charge on any atom is 0.222 e. The van der Waals surface area contributed by atoms with Crippen molar-refractivity contribution in [1.29, 1.82) is 0 Å². The molecule has 0 unspecified atom stereocenters. The van der Waals surface area contributed by atoms with Crippen LogP contribution in [-0.2, 0) is 11.2 Å². The number of hydrogen-bond donors (Lipinski definition) is 1. The lowest BCUT2D eigenvalue weighted by atomic mass is 10.1. The molecule has 0 aliphatic carbocycles. The average molecular weight is 278 g/mol. The molecule has 0 atom stereocenters. The molecule has 0 aliphatic heterocycles. The minimum absolute atomic E-state index is 0.166. The van der Waals surface area contributed by atoms with Gasteiger partial charge in [-0.25, -0.2) is 0 Å². The summed E-state index contributed by atoms with van der Waals surface area (Å²) in [6, 6.07) is 8.30. The van der Waals surface area contributed by atoms with Gasteiger partial charge >= 0.3 is 0 Å². The summed E-state index contributed by atoms with van der Waals surface area (Å²) in [5.41, 5.74) is 7.90. The first kappa shape index (κ1) is 15.6. The highest BCUT2D eigenvalue weighted by Gasteiger charge is 2.11. The molecule has 4 heteroatoms. The molecule has 1 aromatic carbocycles. The summed E-state index contributed by atoms with van der Waals surface area (Å²) in [5, 5.41) is 0. The zero-order valence-corrected chi connectivity index (χ0v) is 12.5. The lowest BCUT2D eigenvalue weighted by Gasteiger charge is -2.20. The van der Waals surface area contributed by atoms with Crippen LogP contribution in [0.25, 0.3) is 0 Å². The van der Waals surface area contributed by atoms with E-state index in [0.717, 1.165) is 6.42 Å². The van der Waals surface area contributed by atoms with Crippen LogP contribution in [0.5, 0.6) is 0 Å². The summed E-state index contributed by atoms with van der Waals surface area (Å²) in [6.45, 7) is 5.36. The normalized spacial score (nSPS) is 10.2. The average Bonchev–Trinajstić information content (AvgIpc) is 2.38. The summed E-state index contributed by atoms with van der Waals surface area (Å²) < 4.78 is 0. The molecule has 1 amide bonds. The largest absolute Gasteiger partial charge is 0.393 e. The van der Waals surface area contributed by atoms with Crippen LogP contribution >= 0.6 is 12.2 Å². The van der Waals surface area contributed by atoms with E-state index in [9.17, 15) is 4.79 Å². The van der Waals surface area contributed by atoms with Crippen LogP contribution in [0.2, 0.25) is 0 Å². The topological polar surface area (TPSA) is 46.3 Å². The monoisotopic (exact) mass is 278 g/mol. The van der Waals surface area contributed by atoms with Gasteiger partial charge in [-0.05, 0) is 25.8 Å². The van der Waals surface area contributed by atoms with E-state index in [1.165, 1.54) is 11.1 Å². The SMILES string of the molecule is CCN(CCC(N)=S)C(=O)CCc1ccc(C)cc1. The molecule has 3 nitrogen and oxygen atoms in total. The fourth-order valence-electron chi connectivity index (χ4n) is 1.87. The standard InChI is InChI=1S/C15H22N2OS/c1-3-17(11-10-14(16)19)15(18)9-8-13-6-4-12(2)5-7-13/h4-7H,3,8-11H2,1-2H3,(H2,16,19). The number of hydrogen-bond acceptors (Lipinski definition) is 2. The van der Waals surface area contributed by atoms with Gasteiger partial charge in [0.05, 0.1) is 4.99 Å². The van der Waals surface area contributed by atoms with Gasteiger partial charge in [0.25, 0.3) is 0 Å². The summed E-state index contributed by atoms with van der Waals surface area (Å²) >= 11 is 4.84. The van der Waals surface area contributed by atoms with Crippen molar-refractivity contribution in [2.24, 2.45) is 5.73 Å². The lowest BCUT2D eigenvalue weighted by molar-refractivity contribution is -0.130. The fourth-order valence-corrected chi connectivity index (χ4v) is 1.96. The number of carbonyl (C=O) groups excluding carboxylic acids is 1. The second kappa shape index (κ2) is 7.89. The first-order valence-corrected chi connectivity index (χ1v) is 7.05.